The predicted octanol–water partition coefficient (Wildman–Crippen LogP) is 3.07. The van der Waals surface area contributed by atoms with Gasteiger partial charge in [0.05, 0.1) is 0 Å². The van der Waals surface area contributed by atoms with E-state index in [0.29, 0.717) is 0 Å². The second kappa shape index (κ2) is 7.21. The Bertz CT molecular complexity index is 809. The van der Waals surface area contributed by atoms with Crippen molar-refractivity contribution in [2.75, 3.05) is 5.32 Å². The molecule has 0 aliphatic heterocycles. The van der Waals surface area contributed by atoms with Gasteiger partial charge in [0.2, 0.25) is 5.91 Å². The van der Waals surface area contributed by atoms with Crippen molar-refractivity contribution in [2.24, 2.45) is 7.05 Å². The fourth-order valence-corrected chi connectivity index (χ4v) is 3.02. The molecule has 0 saturated heterocycles. The Labute approximate surface area is 141 Å². The highest BCUT2D eigenvalue weighted by Crippen LogP contribution is 2.26. The number of benzene rings is 1. The number of aryl methyl sites for hydroxylation is 1. The lowest BCUT2D eigenvalue weighted by Gasteiger charge is -2.04. The largest absolute Gasteiger partial charge is 0.323 e. The first-order valence-corrected chi connectivity index (χ1v) is 8.41. The molecule has 116 valence electrons. The standard InChI is InChI=1S/C15H13N5OS2/c1-20-10-17-19-15(20)23-12-4-2-11(3-5-12)18-13(21)6-7-14-16-8-9-22-14/h2-10H,1H3,(H,18,21). The third kappa shape index (κ3) is 4.27. The van der Waals surface area contributed by atoms with E-state index in [1.165, 1.54) is 29.2 Å². The topological polar surface area (TPSA) is 72.7 Å². The van der Waals surface area contributed by atoms with E-state index in [2.05, 4.69) is 20.5 Å². The van der Waals surface area contributed by atoms with Gasteiger partial charge in [0.25, 0.3) is 0 Å². The highest BCUT2D eigenvalue weighted by atomic mass is 32.2. The van der Waals surface area contributed by atoms with Gasteiger partial charge in [0.15, 0.2) is 5.16 Å². The van der Waals surface area contributed by atoms with Gasteiger partial charge in [-0.05, 0) is 42.1 Å². The van der Waals surface area contributed by atoms with E-state index in [1.54, 1.807) is 18.6 Å². The molecule has 1 amide bonds. The number of carbonyl (C=O) groups is 1. The van der Waals surface area contributed by atoms with Crippen molar-refractivity contribution in [3.63, 3.8) is 0 Å². The van der Waals surface area contributed by atoms with Crippen LogP contribution in [-0.4, -0.2) is 25.7 Å². The quantitative estimate of drug-likeness (QED) is 0.721. The van der Waals surface area contributed by atoms with Crippen LogP contribution in [-0.2, 0) is 11.8 Å². The second-order valence-electron chi connectivity index (χ2n) is 4.54. The van der Waals surface area contributed by atoms with E-state index >= 15 is 0 Å². The van der Waals surface area contributed by atoms with Crippen LogP contribution >= 0.6 is 23.1 Å². The van der Waals surface area contributed by atoms with Gasteiger partial charge in [0.1, 0.15) is 11.3 Å². The molecule has 8 heteroatoms. The SMILES string of the molecule is Cn1cnnc1Sc1ccc(NC(=O)C=Cc2nccs2)cc1. The van der Waals surface area contributed by atoms with Crippen LogP contribution in [0.5, 0.6) is 0 Å². The Morgan fingerprint density at radius 3 is 2.83 bits per heavy atom. The maximum atomic E-state index is 11.8. The summed E-state index contributed by atoms with van der Waals surface area (Å²) in [5.41, 5.74) is 0.737. The number of rotatable bonds is 5. The molecule has 2 aromatic heterocycles. The van der Waals surface area contributed by atoms with E-state index in [1.807, 2.05) is 41.3 Å². The summed E-state index contributed by atoms with van der Waals surface area (Å²) in [4.78, 5) is 17.0. The van der Waals surface area contributed by atoms with Crippen LogP contribution in [0.3, 0.4) is 0 Å². The summed E-state index contributed by atoms with van der Waals surface area (Å²) >= 11 is 3.00. The summed E-state index contributed by atoms with van der Waals surface area (Å²) in [6.45, 7) is 0. The lowest BCUT2D eigenvalue weighted by atomic mass is 10.3. The first kappa shape index (κ1) is 15.4. The van der Waals surface area contributed by atoms with Gasteiger partial charge >= 0.3 is 0 Å². The highest BCUT2D eigenvalue weighted by Gasteiger charge is 2.04. The minimum absolute atomic E-state index is 0.186. The molecule has 0 radical (unpaired) electrons. The maximum absolute atomic E-state index is 11.8. The molecule has 3 aromatic rings. The smallest absolute Gasteiger partial charge is 0.248 e. The first-order chi connectivity index (χ1) is 11.2. The normalized spacial score (nSPS) is 11.0. The Morgan fingerprint density at radius 2 is 2.17 bits per heavy atom. The van der Waals surface area contributed by atoms with Crippen LogP contribution in [0.2, 0.25) is 0 Å². The van der Waals surface area contributed by atoms with E-state index in [9.17, 15) is 4.79 Å². The molecule has 23 heavy (non-hydrogen) atoms. The zero-order valence-corrected chi connectivity index (χ0v) is 13.8. The number of amides is 1. The first-order valence-electron chi connectivity index (χ1n) is 6.71. The summed E-state index contributed by atoms with van der Waals surface area (Å²) in [7, 11) is 1.89. The van der Waals surface area contributed by atoms with Crippen LogP contribution in [0.4, 0.5) is 5.69 Å². The van der Waals surface area contributed by atoms with Gasteiger partial charge in [0, 0.05) is 35.3 Å². The van der Waals surface area contributed by atoms with Gasteiger partial charge in [-0.2, -0.15) is 0 Å². The number of nitrogens with zero attached hydrogens (tertiary/aromatic N) is 4. The molecule has 0 unspecified atom stereocenters. The molecule has 3 rings (SSSR count). The van der Waals surface area contributed by atoms with E-state index in [-0.39, 0.29) is 5.91 Å². The second-order valence-corrected chi connectivity index (χ2v) is 6.51. The minimum Gasteiger partial charge on any atom is -0.323 e. The number of hydrogen-bond donors (Lipinski definition) is 1. The molecule has 6 nitrogen and oxygen atoms in total. The lowest BCUT2D eigenvalue weighted by Crippen LogP contribution is -2.07. The highest BCUT2D eigenvalue weighted by molar-refractivity contribution is 7.99. The van der Waals surface area contributed by atoms with Crippen molar-refractivity contribution < 1.29 is 4.79 Å². The fourth-order valence-electron chi connectivity index (χ4n) is 1.72. The zero-order chi connectivity index (χ0) is 16.1. The van der Waals surface area contributed by atoms with Crippen molar-refractivity contribution in [1.82, 2.24) is 19.7 Å². The Hall–Kier alpha value is -2.45. The molecule has 0 fully saturated rings. The van der Waals surface area contributed by atoms with Crippen LogP contribution < -0.4 is 5.32 Å². The molecular weight excluding hydrogens is 330 g/mol. The molecule has 1 N–H and O–H groups in total. The molecule has 0 aliphatic rings. The number of nitrogens with one attached hydrogen (secondary N) is 1. The third-order valence-electron chi connectivity index (χ3n) is 2.83. The zero-order valence-electron chi connectivity index (χ0n) is 12.2. The predicted molar refractivity (Wildman–Crippen MR) is 91.3 cm³/mol. The van der Waals surface area contributed by atoms with Crippen molar-refractivity contribution in [3.05, 3.63) is 53.3 Å². The average Bonchev–Trinajstić information content (AvgIpc) is 3.20. The Kier molecular flexibility index (Phi) is 4.84. The Morgan fingerprint density at radius 1 is 1.35 bits per heavy atom. The van der Waals surface area contributed by atoms with E-state index in [0.717, 1.165) is 20.7 Å². The molecular formula is C15H13N5OS2. The van der Waals surface area contributed by atoms with Gasteiger partial charge in [-0.1, -0.05) is 0 Å². The van der Waals surface area contributed by atoms with Crippen molar-refractivity contribution in [3.8, 4) is 0 Å². The number of thiazole rings is 1. The molecule has 0 saturated carbocycles. The molecule has 2 heterocycles. The number of anilines is 1. The molecule has 0 bridgehead atoms. The Balaban J connectivity index is 1.59. The van der Waals surface area contributed by atoms with E-state index in [4.69, 9.17) is 0 Å². The lowest BCUT2D eigenvalue weighted by molar-refractivity contribution is -0.111. The molecule has 0 spiro atoms. The molecule has 1 aromatic carbocycles. The summed E-state index contributed by atoms with van der Waals surface area (Å²) in [5.74, 6) is -0.186. The molecule has 0 atom stereocenters. The fraction of sp³-hybridized carbons (Fsp3) is 0.0667. The monoisotopic (exact) mass is 343 g/mol. The number of carbonyl (C=O) groups excluding carboxylic acids is 1. The van der Waals surface area contributed by atoms with Crippen molar-refractivity contribution in [2.45, 2.75) is 10.1 Å². The average molecular weight is 343 g/mol. The van der Waals surface area contributed by atoms with Crippen LogP contribution in [0.15, 0.2) is 58.3 Å². The maximum Gasteiger partial charge on any atom is 0.248 e. The summed E-state index contributed by atoms with van der Waals surface area (Å²) in [5, 5.41) is 14.2. The van der Waals surface area contributed by atoms with E-state index < -0.39 is 0 Å². The van der Waals surface area contributed by atoms with Gasteiger partial charge in [-0.25, -0.2) is 4.98 Å². The summed E-state index contributed by atoms with van der Waals surface area (Å²) in [6, 6.07) is 7.57. The van der Waals surface area contributed by atoms with Crippen molar-refractivity contribution in [1.29, 1.82) is 0 Å². The van der Waals surface area contributed by atoms with Gasteiger partial charge < -0.3 is 9.88 Å². The van der Waals surface area contributed by atoms with Gasteiger partial charge in [-0.15, -0.1) is 21.5 Å². The van der Waals surface area contributed by atoms with Crippen LogP contribution in [0.1, 0.15) is 5.01 Å². The van der Waals surface area contributed by atoms with Gasteiger partial charge in [-0.3, -0.25) is 4.79 Å². The minimum atomic E-state index is -0.186. The number of aromatic nitrogens is 4. The summed E-state index contributed by atoms with van der Waals surface area (Å²) < 4.78 is 1.85. The van der Waals surface area contributed by atoms with Crippen LogP contribution in [0.25, 0.3) is 6.08 Å². The molecule has 0 aliphatic carbocycles. The summed E-state index contributed by atoms with van der Waals surface area (Å²) in [6.07, 6.45) is 6.53. The third-order valence-corrected chi connectivity index (χ3v) is 4.63. The number of hydrogen-bond acceptors (Lipinski definition) is 6. The van der Waals surface area contributed by atoms with Crippen molar-refractivity contribution >= 4 is 40.8 Å². The van der Waals surface area contributed by atoms with Crippen LogP contribution in [0, 0.1) is 0 Å².